The molecule has 2 aromatic carbocycles. The van der Waals surface area contributed by atoms with Crippen LogP contribution >= 0.6 is 0 Å². The molecule has 1 N–H and O–H groups in total. The fourth-order valence-electron chi connectivity index (χ4n) is 3.46. The van der Waals surface area contributed by atoms with Crippen LogP contribution in [0.3, 0.4) is 0 Å². The van der Waals surface area contributed by atoms with Crippen molar-refractivity contribution in [3.63, 3.8) is 0 Å². The van der Waals surface area contributed by atoms with Gasteiger partial charge in [-0.3, -0.25) is 0 Å². The van der Waals surface area contributed by atoms with E-state index in [4.69, 9.17) is 4.74 Å². The Morgan fingerprint density at radius 1 is 0.714 bits per heavy atom. The van der Waals surface area contributed by atoms with E-state index in [0.717, 1.165) is 25.4 Å². The van der Waals surface area contributed by atoms with Gasteiger partial charge in [0.25, 0.3) is 0 Å². The van der Waals surface area contributed by atoms with E-state index in [1.54, 1.807) is 0 Å². The van der Waals surface area contributed by atoms with E-state index in [1.165, 1.54) is 49.7 Å². The summed E-state index contributed by atoms with van der Waals surface area (Å²) >= 11 is 0. The summed E-state index contributed by atoms with van der Waals surface area (Å²) in [6.07, 6.45) is 9.24. The largest absolute Gasteiger partial charge is 0.376 e. The molecule has 0 bridgehead atoms. The van der Waals surface area contributed by atoms with Crippen LogP contribution in [0.1, 0.15) is 173 Å². The average Bonchev–Trinajstić information content (AvgIpc) is 3.84. The number of benzene rings is 2. The molecule has 1 saturated carbocycles. The molecule has 3 rings (SSSR count). The van der Waals surface area contributed by atoms with Crippen molar-refractivity contribution in [2.75, 3.05) is 6.61 Å². The van der Waals surface area contributed by atoms with Gasteiger partial charge in [-0.05, 0) is 101 Å². The van der Waals surface area contributed by atoms with Gasteiger partial charge < -0.3 is 4.74 Å². The highest BCUT2D eigenvalue weighted by molar-refractivity contribution is 7.90. The minimum atomic E-state index is -2.94. The smallest absolute Gasteiger partial charge is 0.214 e. The minimum Gasteiger partial charge on any atom is -0.376 e. The van der Waals surface area contributed by atoms with E-state index in [2.05, 4.69) is 126 Å². The molecule has 0 amide bonds. The fraction of sp³-hybridized carbons (Fsp3) is 0.727. The maximum Gasteiger partial charge on any atom is 0.214 e. The number of nitrogens with one attached hydrogen (secondary N) is 1. The van der Waals surface area contributed by atoms with Crippen LogP contribution in [0, 0.1) is 16.7 Å². The van der Waals surface area contributed by atoms with Crippen molar-refractivity contribution >= 4 is 10.0 Å². The van der Waals surface area contributed by atoms with Crippen molar-refractivity contribution in [1.29, 1.82) is 0 Å². The van der Waals surface area contributed by atoms with Crippen LogP contribution in [0.5, 0.6) is 0 Å². The Kier molecular flexibility index (Phi) is 25.5. The quantitative estimate of drug-likeness (QED) is 0.224. The molecule has 0 saturated heterocycles. The summed E-state index contributed by atoms with van der Waals surface area (Å²) in [6, 6.07) is 21.1. The maximum atomic E-state index is 11.1. The molecule has 1 aliphatic carbocycles. The molecule has 0 aliphatic heterocycles. The van der Waals surface area contributed by atoms with Gasteiger partial charge in [0.05, 0.1) is 10.9 Å². The van der Waals surface area contributed by atoms with E-state index in [1.807, 2.05) is 50.2 Å². The number of sulfonamides is 1. The summed E-state index contributed by atoms with van der Waals surface area (Å²) in [5.74, 6) is 1.51. The average molecular weight is 704 g/mol. The Bertz CT molecular complexity index is 1110. The first-order chi connectivity index (χ1) is 22.4. The number of hydrogen-bond donors (Lipinski definition) is 1. The maximum absolute atomic E-state index is 11.1. The standard InChI is InChI=1S/C19H32O.C8H18.C6H13NO2S.C6H6.C5H12/c1-16(2)18-13-10-12-17(15-18)11-8-6-7-9-14-20-19(3,4)5;1-7(2,3)8(4,5)6;1-5(2)7-10(8,9)6-3-4-6;1-2-4-6-5-3-1;1-4-5(2)3/h10,12-13,15-16H,6-9,11,14H2,1-5H3;1-6H3;5-7H,3-4H2,1-2H3;1-6H;5H,4H2,1-3H3. The van der Waals surface area contributed by atoms with E-state index in [-0.39, 0.29) is 16.9 Å². The topological polar surface area (TPSA) is 55.4 Å². The Morgan fingerprint density at radius 3 is 1.51 bits per heavy atom. The minimum absolute atomic E-state index is 0.0112. The molecule has 4 nitrogen and oxygen atoms in total. The highest BCUT2D eigenvalue weighted by atomic mass is 32.2. The van der Waals surface area contributed by atoms with Gasteiger partial charge in [-0.25, -0.2) is 13.1 Å². The highest BCUT2D eigenvalue weighted by Crippen LogP contribution is 2.36. The second-order valence-corrected chi connectivity index (χ2v) is 19.5. The first-order valence-electron chi connectivity index (χ1n) is 19.2. The molecule has 0 heterocycles. The molecule has 0 aromatic heterocycles. The lowest BCUT2D eigenvalue weighted by Crippen LogP contribution is -2.32. The third-order valence-electron chi connectivity index (χ3n) is 8.61. The van der Waals surface area contributed by atoms with E-state index >= 15 is 0 Å². The van der Waals surface area contributed by atoms with Crippen LogP contribution in [0.4, 0.5) is 0 Å². The second-order valence-electron chi connectivity index (χ2n) is 17.5. The predicted molar refractivity (Wildman–Crippen MR) is 219 cm³/mol. The Hall–Kier alpha value is -1.69. The first kappa shape index (κ1) is 49.4. The number of unbranched alkanes of at least 4 members (excludes halogenated alkanes) is 3. The number of ether oxygens (including phenoxy) is 1. The number of aryl methyl sites for hydroxylation is 1. The Morgan fingerprint density at radius 2 is 1.16 bits per heavy atom. The zero-order valence-corrected chi connectivity index (χ0v) is 35.9. The van der Waals surface area contributed by atoms with E-state index in [0.29, 0.717) is 16.7 Å². The number of rotatable bonds is 12. The lowest BCUT2D eigenvalue weighted by atomic mass is 9.71. The zero-order valence-electron chi connectivity index (χ0n) is 35.1. The van der Waals surface area contributed by atoms with Gasteiger partial charge in [-0.15, -0.1) is 0 Å². The molecule has 0 atom stereocenters. The van der Waals surface area contributed by atoms with Crippen LogP contribution in [0.2, 0.25) is 0 Å². The molecule has 5 heteroatoms. The fourth-order valence-corrected chi connectivity index (χ4v) is 5.07. The van der Waals surface area contributed by atoms with Gasteiger partial charge in [0.1, 0.15) is 0 Å². The van der Waals surface area contributed by atoms with Gasteiger partial charge in [0.15, 0.2) is 0 Å². The van der Waals surface area contributed by atoms with Crippen molar-refractivity contribution in [3.05, 3.63) is 71.8 Å². The Balaban J connectivity index is 0. The predicted octanol–water partition coefficient (Wildman–Crippen LogP) is 13.0. The molecule has 49 heavy (non-hydrogen) atoms. The van der Waals surface area contributed by atoms with Crippen LogP contribution in [-0.4, -0.2) is 31.9 Å². The SMILES string of the molecule is CC(C)(C)C(C)(C)C.CC(C)NS(=O)(=O)C1CC1.CC(C)c1cccc(CCCCCCOC(C)(C)C)c1.CCC(C)C.c1ccccc1. The molecule has 1 fully saturated rings. The van der Waals surface area contributed by atoms with Gasteiger partial charge in [-0.1, -0.05) is 156 Å². The molecule has 1 aliphatic rings. The monoisotopic (exact) mass is 704 g/mol. The van der Waals surface area contributed by atoms with Gasteiger partial charge >= 0.3 is 0 Å². The third kappa shape index (κ3) is 30.8. The molecule has 286 valence electrons. The van der Waals surface area contributed by atoms with E-state index < -0.39 is 10.0 Å². The van der Waals surface area contributed by atoms with Crippen LogP contribution in [-0.2, 0) is 21.2 Å². The summed E-state index contributed by atoms with van der Waals surface area (Å²) in [5, 5.41) is -0.0881. The van der Waals surface area contributed by atoms with Crippen LogP contribution in [0.15, 0.2) is 60.7 Å². The van der Waals surface area contributed by atoms with Crippen molar-refractivity contribution < 1.29 is 13.2 Å². The summed E-state index contributed by atoms with van der Waals surface area (Å²) < 4.78 is 30.5. The van der Waals surface area contributed by atoms with Crippen molar-refractivity contribution in [2.45, 2.75) is 185 Å². The molecule has 0 radical (unpaired) electrons. The summed E-state index contributed by atoms with van der Waals surface area (Å²) in [7, 11) is -2.94. The van der Waals surface area contributed by atoms with Crippen molar-refractivity contribution in [1.82, 2.24) is 4.72 Å². The zero-order chi connectivity index (χ0) is 38.3. The van der Waals surface area contributed by atoms with Crippen molar-refractivity contribution in [2.24, 2.45) is 16.7 Å². The molecule has 0 unspecified atom stereocenters. The molecule has 2 aromatic rings. The summed E-state index contributed by atoms with van der Waals surface area (Å²) in [4.78, 5) is 0. The molecule has 0 spiro atoms. The van der Waals surface area contributed by atoms with E-state index in [9.17, 15) is 8.42 Å². The molecular formula is C44H81NO3S. The lowest BCUT2D eigenvalue weighted by molar-refractivity contribution is -0.00473. The Labute approximate surface area is 307 Å². The number of hydrogen-bond acceptors (Lipinski definition) is 3. The van der Waals surface area contributed by atoms with Crippen LogP contribution < -0.4 is 4.72 Å². The second kappa shape index (κ2) is 25.3. The lowest BCUT2D eigenvalue weighted by Gasteiger charge is -2.34. The van der Waals surface area contributed by atoms with Gasteiger partial charge in [-0.2, -0.15) is 0 Å². The van der Waals surface area contributed by atoms with Crippen molar-refractivity contribution in [3.8, 4) is 0 Å². The normalized spacial score (nSPS) is 13.3. The van der Waals surface area contributed by atoms with Gasteiger partial charge in [0.2, 0.25) is 10.0 Å². The third-order valence-corrected chi connectivity index (χ3v) is 10.8. The first-order valence-corrected chi connectivity index (χ1v) is 20.7. The highest BCUT2D eigenvalue weighted by Gasteiger charge is 2.35. The van der Waals surface area contributed by atoms with Gasteiger partial charge in [0, 0.05) is 12.6 Å². The summed E-state index contributed by atoms with van der Waals surface area (Å²) in [5.41, 5.74) is 3.83. The van der Waals surface area contributed by atoms with Crippen LogP contribution in [0.25, 0.3) is 0 Å². The summed E-state index contributed by atoms with van der Waals surface area (Å²) in [6.45, 7) is 35.7. The molecular weight excluding hydrogens is 623 g/mol.